The zero-order chi connectivity index (χ0) is 12.8. The topological polar surface area (TPSA) is 39.1 Å². The summed E-state index contributed by atoms with van der Waals surface area (Å²) in [5.74, 6) is -0.772. The molecule has 1 N–H and O–H groups in total. The second-order valence-corrected chi connectivity index (χ2v) is 4.64. The molecule has 2 aliphatic heterocycles. The van der Waals surface area contributed by atoms with E-state index in [1.54, 1.807) is 0 Å². The maximum absolute atomic E-state index is 13.0. The van der Waals surface area contributed by atoms with Crippen LogP contribution >= 0.6 is 0 Å². The number of hydrogen-bond donors (Lipinski definition) is 1. The van der Waals surface area contributed by atoms with Crippen molar-refractivity contribution in [1.82, 2.24) is 14.9 Å². The molecule has 2 aliphatic rings. The minimum Gasteiger partial charge on any atom is -0.379 e. The standard InChI is InChI=1S/C11H14F3N3O/c12-11(13,14)10-16-8-5-15-3-1-9(8)17(10)7-2-4-18-6-7/h7,15H,1-6H2. The van der Waals surface area contributed by atoms with Crippen LogP contribution in [0.2, 0.25) is 0 Å². The van der Waals surface area contributed by atoms with Crippen molar-refractivity contribution in [2.24, 2.45) is 0 Å². The lowest BCUT2D eigenvalue weighted by molar-refractivity contribution is -0.148. The third-order valence-electron chi connectivity index (χ3n) is 3.45. The predicted octanol–water partition coefficient (Wildman–Crippen LogP) is 1.51. The fourth-order valence-corrected chi connectivity index (χ4v) is 2.65. The number of nitrogens with zero attached hydrogens (tertiary/aromatic N) is 2. The highest BCUT2D eigenvalue weighted by molar-refractivity contribution is 5.23. The lowest BCUT2D eigenvalue weighted by atomic mass is 10.1. The van der Waals surface area contributed by atoms with Crippen LogP contribution in [0.1, 0.15) is 29.7 Å². The molecule has 1 aromatic rings. The van der Waals surface area contributed by atoms with Crippen LogP contribution < -0.4 is 5.32 Å². The molecule has 0 bridgehead atoms. The molecule has 0 saturated carbocycles. The van der Waals surface area contributed by atoms with E-state index < -0.39 is 12.0 Å². The Morgan fingerprint density at radius 1 is 1.39 bits per heavy atom. The molecule has 7 heteroatoms. The maximum Gasteiger partial charge on any atom is 0.449 e. The zero-order valence-corrected chi connectivity index (χ0v) is 9.76. The van der Waals surface area contributed by atoms with Gasteiger partial charge in [0, 0.05) is 31.8 Å². The second kappa shape index (κ2) is 4.24. The number of fused-ring (bicyclic) bond motifs is 1. The molecule has 1 atom stereocenters. The Balaban J connectivity index is 2.09. The number of alkyl halides is 3. The predicted molar refractivity (Wildman–Crippen MR) is 57.1 cm³/mol. The smallest absolute Gasteiger partial charge is 0.379 e. The van der Waals surface area contributed by atoms with E-state index >= 15 is 0 Å². The average Bonchev–Trinajstić information content (AvgIpc) is 2.94. The van der Waals surface area contributed by atoms with Gasteiger partial charge in [-0.25, -0.2) is 4.98 Å². The molecule has 100 valence electrons. The Morgan fingerprint density at radius 3 is 2.89 bits per heavy atom. The van der Waals surface area contributed by atoms with Gasteiger partial charge in [-0.2, -0.15) is 13.2 Å². The molecule has 0 radical (unpaired) electrons. The van der Waals surface area contributed by atoms with Crippen LogP contribution in [0.5, 0.6) is 0 Å². The first-order valence-corrected chi connectivity index (χ1v) is 6.03. The average molecular weight is 261 g/mol. The summed E-state index contributed by atoms with van der Waals surface area (Å²) in [6.45, 7) is 1.98. The fraction of sp³-hybridized carbons (Fsp3) is 0.727. The van der Waals surface area contributed by atoms with Crippen LogP contribution in [0.15, 0.2) is 0 Å². The van der Waals surface area contributed by atoms with Gasteiger partial charge in [-0.1, -0.05) is 0 Å². The first kappa shape index (κ1) is 12.0. The molecule has 0 aliphatic carbocycles. The molecular formula is C11H14F3N3O. The Kier molecular flexibility index (Phi) is 2.82. The zero-order valence-electron chi connectivity index (χ0n) is 9.76. The van der Waals surface area contributed by atoms with Crippen molar-refractivity contribution in [3.8, 4) is 0 Å². The van der Waals surface area contributed by atoms with Crippen LogP contribution in [-0.2, 0) is 23.9 Å². The molecule has 1 saturated heterocycles. The van der Waals surface area contributed by atoms with E-state index in [4.69, 9.17) is 4.74 Å². The summed E-state index contributed by atoms with van der Waals surface area (Å²) in [6.07, 6.45) is -3.19. The largest absolute Gasteiger partial charge is 0.449 e. The van der Waals surface area contributed by atoms with Crippen molar-refractivity contribution < 1.29 is 17.9 Å². The van der Waals surface area contributed by atoms with E-state index in [1.165, 1.54) is 4.57 Å². The number of hydrogen-bond acceptors (Lipinski definition) is 3. The van der Waals surface area contributed by atoms with Crippen molar-refractivity contribution in [2.75, 3.05) is 19.8 Å². The summed E-state index contributed by atoms with van der Waals surface area (Å²) >= 11 is 0. The molecule has 0 aromatic carbocycles. The van der Waals surface area contributed by atoms with E-state index in [0.717, 1.165) is 5.69 Å². The first-order chi connectivity index (χ1) is 8.57. The molecule has 4 nitrogen and oxygen atoms in total. The Labute approximate surface area is 102 Å². The number of halogens is 3. The highest BCUT2D eigenvalue weighted by atomic mass is 19.4. The van der Waals surface area contributed by atoms with Crippen LogP contribution in [0.3, 0.4) is 0 Å². The van der Waals surface area contributed by atoms with Gasteiger partial charge in [0.15, 0.2) is 0 Å². The molecular weight excluding hydrogens is 247 g/mol. The van der Waals surface area contributed by atoms with E-state index in [1.807, 2.05) is 0 Å². The Hall–Kier alpha value is -1.08. The molecule has 1 unspecified atom stereocenters. The van der Waals surface area contributed by atoms with Crippen LogP contribution in [0, 0.1) is 0 Å². The van der Waals surface area contributed by atoms with Crippen LogP contribution in [0.4, 0.5) is 13.2 Å². The fourth-order valence-electron chi connectivity index (χ4n) is 2.65. The van der Waals surface area contributed by atoms with Gasteiger partial charge in [-0.3, -0.25) is 0 Å². The SMILES string of the molecule is FC(F)(F)c1nc2c(n1C1CCOC1)CCNC2. The van der Waals surface area contributed by atoms with Gasteiger partial charge in [-0.05, 0) is 6.42 Å². The number of rotatable bonds is 1. The summed E-state index contributed by atoms with van der Waals surface area (Å²) in [5, 5.41) is 3.05. The van der Waals surface area contributed by atoms with Crippen molar-refractivity contribution in [3.63, 3.8) is 0 Å². The van der Waals surface area contributed by atoms with Crippen molar-refractivity contribution in [2.45, 2.75) is 31.6 Å². The Bertz CT molecular complexity index is 449. The molecule has 3 heterocycles. The van der Waals surface area contributed by atoms with Gasteiger partial charge in [0.25, 0.3) is 0 Å². The third-order valence-corrected chi connectivity index (χ3v) is 3.45. The lowest BCUT2D eigenvalue weighted by Crippen LogP contribution is -2.27. The molecule has 0 amide bonds. The van der Waals surface area contributed by atoms with Crippen molar-refractivity contribution >= 4 is 0 Å². The normalized spacial score (nSPS) is 24.3. The van der Waals surface area contributed by atoms with Gasteiger partial charge in [0.1, 0.15) is 0 Å². The van der Waals surface area contributed by atoms with Gasteiger partial charge >= 0.3 is 6.18 Å². The van der Waals surface area contributed by atoms with E-state index in [0.29, 0.717) is 44.8 Å². The van der Waals surface area contributed by atoms with Gasteiger partial charge in [0.2, 0.25) is 5.82 Å². The van der Waals surface area contributed by atoms with Gasteiger partial charge < -0.3 is 14.6 Å². The summed E-state index contributed by atoms with van der Waals surface area (Å²) in [5.41, 5.74) is 1.25. The maximum atomic E-state index is 13.0. The van der Waals surface area contributed by atoms with Gasteiger partial charge in [-0.15, -0.1) is 0 Å². The van der Waals surface area contributed by atoms with Gasteiger partial charge in [0.05, 0.1) is 18.3 Å². The third kappa shape index (κ3) is 1.91. The quantitative estimate of drug-likeness (QED) is 0.833. The second-order valence-electron chi connectivity index (χ2n) is 4.64. The van der Waals surface area contributed by atoms with Crippen LogP contribution in [0.25, 0.3) is 0 Å². The number of ether oxygens (including phenoxy) is 1. The lowest BCUT2D eigenvalue weighted by Gasteiger charge is -2.20. The van der Waals surface area contributed by atoms with Crippen molar-refractivity contribution in [1.29, 1.82) is 0 Å². The summed E-state index contributed by atoms with van der Waals surface area (Å²) in [6, 6.07) is -0.226. The number of imidazole rings is 1. The summed E-state index contributed by atoms with van der Waals surface area (Å²) in [7, 11) is 0. The van der Waals surface area contributed by atoms with E-state index in [9.17, 15) is 13.2 Å². The molecule has 18 heavy (non-hydrogen) atoms. The molecule has 1 fully saturated rings. The summed E-state index contributed by atoms with van der Waals surface area (Å²) in [4.78, 5) is 3.79. The van der Waals surface area contributed by atoms with E-state index in [2.05, 4.69) is 10.3 Å². The molecule has 0 spiro atoms. The first-order valence-electron chi connectivity index (χ1n) is 6.03. The van der Waals surface area contributed by atoms with Crippen LogP contribution in [-0.4, -0.2) is 29.3 Å². The monoisotopic (exact) mass is 261 g/mol. The highest BCUT2D eigenvalue weighted by Crippen LogP contribution is 2.35. The number of nitrogens with one attached hydrogen (secondary N) is 1. The number of aromatic nitrogens is 2. The van der Waals surface area contributed by atoms with E-state index in [-0.39, 0.29) is 6.04 Å². The highest BCUT2D eigenvalue weighted by Gasteiger charge is 2.41. The summed E-state index contributed by atoms with van der Waals surface area (Å²) < 4.78 is 45.7. The molecule has 3 rings (SSSR count). The minimum atomic E-state index is -4.40. The minimum absolute atomic E-state index is 0.226. The van der Waals surface area contributed by atoms with Crippen molar-refractivity contribution in [3.05, 3.63) is 17.2 Å². The molecule has 1 aromatic heterocycles. The Morgan fingerprint density at radius 2 is 2.22 bits per heavy atom.